The first-order valence-electron chi connectivity index (χ1n) is 10.6. The third-order valence-electron chi connectivity index (χ3n) is 6.46. The molecule has 1 saturated carbocycles. The molecule has 0 unspecified atom stereocenters. The van der Waals surface area contributed by atoms with Crippen molar-refractivity contribution in [1.29, 1.82) is 5.26 Å². The second-order valence-electron chi connectivity index (χ2n) is 8.65. The minimum absolute atomic E-state index is 0.0195. The minimum Gasteiger partial charge on any atom is -0.357 e. The summed E-state index contributed by atoms with van der Waals surface area (Å²) in [5.74, 6) is 5.03. The highest BCUT2D eigenvalue weighted by molar-refractivity contribution is 6.10. The van der Waals surface area contributed by atoms with Crippen LogP contribution in [0.5, 0.6) is 0 Å². The van der Waals surface area contributed by atoms with Crippen LogP contribution >= 0.6 is 0 Å². The van der Waals surface area contributed by atoms with Gasteiger partial charge in [0.25, 0.3) is 0 Å². The highest BCUT2D eigenvalue weighted by atomic mass is 16.5. The van der Waals surface area contributed by atoms with E-state index in [0.29, 0.717) is 38.8 Å². The van der Waals surface area contributed by atoms with Gasteiger partial charge in [0, 0.05) is 31.5 Å². The Bertz CT molecular complexity index is 958. The molecule has 0 radical (unpaired) electrons. The zero-order chi connectivity index (χ0) is 22.6. The topological polar surface area (TPSA) is 87.5 Å². The second kappa shape index (κ2) is 9.45. The van der Waals surface area contributed by atoms with E-state index < -0.39 is 5.92 Å². The van der Waals surface area contributed by atoms with E-state index in [1.165, 1.54) is 0 Å². The molecule has 1 aromatic carbocycles. The first kappa shape index (κ1) is 22.7. The lowest BCUT2D eigenvalue weighted by atomic mass is 9.62. The van der Waals surface area contributed by atoms with Crippen LogP contribution in [0.4, 0.5) is 0 Å². The second-order valence-corrected chi connectivity index (χ2v) is 8.65. The van der Waals surface area contributed by atoms with Crippen molar-refractivity contribution >= 4 is 17.5 Å². The van der Waals surface area contributed by atoms with E-state index in [0.717, 1.165) is 22.3 Å². The molecule has 1 spiro atoms. The van der Waals surface area contributed by atoms with Crippen LogP contribution in [0, 0.1) is 42.4 Å². The fourth-order valence-corrected chi connectivity index (χ4v) is 5.01. The standard InChI is InChI=1S/C25H28N2O4/c1-4-5-19-12-17(2)23(18(3)13-19)24-20(28)14-25(15-21(24)29)6-9-27(10-7-25)22(30)16-31-11-8-26/h12-13,24H,6-7,9-11,14-16H2,1-3H3. The Morgan fingerprint density at radius 2 is 1.74 bits per heavy atom. The molecular weight excluding hydrogens is 392 g/mol. The summed E-state index contributed by atoms with van der Waals surface area (Å²) >= 11 is 0. The summed E-state index contributed by atoms with van der Waals surface area (Å²) in [6.45, 7) is 6.44. The van der Waals surface area contributed by atoms with Crippen LogP contribution in [-0.2, 0) is 19.1 Å². The maximum absolute atomic E-state index is 13.2. The minimum atomic E-state index is -0.701. The van der Waals surface area contributed by atoms with Crippen LogP contribution < -0.4 is 0 Å². The molecule has 31 heavy (non-hydrogen) atoms. The number of likely N-dealkylation sites (tertiary alicyclic amines) is 1. The maximum Gasteiger partial charge on any atom is 0.248 e. The lowest BCUT2D eigenvalue weighted by molar-refractivity contribution is -0.142. The number of piperidine rings is 1. The Morgan fingerprint density at radius 3 is 2.26 bits per heavy atom. The number of hydrogen-bond acceptors (Lipinski definition) is 5. The number of amides is 1. The van der Waals surface area contributed by atoms with Crippen LogP contribution in [-0.4, -0.2) is 48.7 Å². The number of nitriles is 1. The number of ketones is 2. The summed E-state index contributed by atoms with van der Waals surface area (Å²) < 4.78 is 5.01. The molecule has 2 aliphatic rings. The molecule has 0 N–H and O–H groups in total. The molecule has 6 heteroatoms. The number of hydrogen-bond donors (Lipinski definition) is 0. The van der Waals surface area contributed by atoms with Gasteiger partial charge in [0.05, 0.1) is 6.07 Å². The normalized spacial score (nSPS) is 18.5. The molecule has 3 rings (SSSR count). The average molecular weight is 421 g/mol. The third-order valence-corrected chi connectivity index (χ3v) is 6.46. The molecular formula is C25H28N2O4. The van der Waals surface area contributed by atoms with Crippen LogP contribution in [0.15, 0.2) is 12.1 Å². The predicted molar refractivity (Wildman–Crippen MR) is 115 cm³/mol. The number of rotatable bonds is 4. The maximum atomic E-state index is 13.2. The molecule has 1 heterocycles. The molecule has 0 bridgehead atoms. The van der Waals surface area contributed by atoms with Gasteiger partial charge in [0.2, 0.25) is 5.91 Å². The smallest absolute Gasteiger partial charge is 0.248 e. The van der Waals surface area contributed by atoms with Crippen molar-refractivity contribution in [2.75, 3.05) is 26.3 Å². The van der Waals surface area contributed by atoms with E-state index in [4.69, 9.17) is 10.00 Å². The lowest BCUT2D eigenvalue weighted by Crippen LogP contribution is -2.49. The Kier molecular flexibility index (Phi) is 6.93. The molecule has 2 fully saturated rings. The summed E-state index contributed by atoms with van der Waals surface area (Å²) in [6.07, 6.45) is 1.99. The van der Waals surface area contributed by atoms with Crippen molar-refractivity contribution in [2.24, 2.45) is 5.41 Å². The highest BCUT2D eigenvalue weighted by Crippen LogP contribution is 2.46. The van der Waals surface area contributed by atoms with Gasteiger partial charge in [-0.15, -0.1) is 5.92 Å². The number of carbonyl (C=O) groups is 3. The van der Waals surface area contributed by atoms with Gasteiger partial charge in [-0.1, -0.05) is 5.92 Å². The Balaban J connectivity index is 1.71. The molecule has 0 atom stereocenters. The zero-order valence-corrected chi connectivity index (χ0v) is 18.4. The van der Waals surface area contributed by atoms with Crippen molar-refractivity contribution < 1.29 is 19.1 Å². The van der Waals surface area contributed by atoms with Gasteiger partial charge in [0.1, 0.15) is 30.7 Å². The fraction of sp³-hybridized carbons (Fsp3) is 0.520. The van der Waals surface area contributed by atoms with Crippen molar-refractivity contribution in [3.8, 4) is 17.9 Å². The van der Waals surface area contributed by atoms with E-state index in [-0.39, 0.29) is 36.1 Å². The van der Waals surface area contributed by atoms with Gasteiger partial charge in [-0.2, -0.15) is 5.26 Å². The van der Waals surface area contributed by atoms with Gasteiger partial charge >= 0.3 is 0 Å². The molecule has 1 aliphatic heterocycles. The van der Waals surface area contributed by atoms with Gasteiger partial charge < -0.3 is 9.64 Å². The number of nitrogens with zero attached hydrogens (tertiary/aromatic N) is 2. The molecule has 6 nitrogen and oxygen atoms in total. The van der Waals surface area contributed by atoms with E-state index in [2.05, 4.69) is 11.8 Å². The number of benzene rings is 1. The van der Waals surface area contributed by atoms with E-state index in [1.54, 1.807) is 11.8 Å². The van der Waals surface area contributed by atoms with Crippen molar-refractivity contribution in [3.05, 3.63) is 34.4 Å². The number of carbonyl (C=O) groups excluding carboxylic acids is 3. The number of Topliss-reactive ketones (excluding diaryl/α,β-unsaturated/α-hetero) is 2. The third kappa shape index (κ3) is 4.86. The summed E-state index contributed by atoms with van der Waals surface area (Å²) in [5, 5.41) is 8.51. The van der Waals surface area contributed by atoms with E-state index in [9.17, 15) is 14.4 Å². The predicted octanol–water partition coefficient (Wildman–Crippen LogP) is 2.84. The van der Waals surface area contributed by atoms with E-state index >= 15 is 0 Å². The van der Waals surface area contributed by atoms with Crippen LogP contribution in [0.2, 0.25) is 0 Å². The average Bonchev–Trinajstić information content (AvgIpc) is 2.70. The summed E-state index contributed by atoms with van der Waals surface area (Å²) in [6, 6.07) is 5.74. The summed E-state index contributed by atoms with van der Waals surface area (Å²) in [5.41, 5.74) is 3.22. The van der Waals surface area contributed by atoms with Crippen LogP contribution in [0.1, 0.15) is 60.8 Å². The number of aryl methyl sites for hydroxylation is 2. The molecule has 1 aliphatic carbocycles. The summed E-state index contributed by atoms with van der Waals surface area (Å²) in [4.78, 5) is 40.3. The van der Waals surface area contributed by atoms with Gasteiger partial charge in [-0.25, -0.2) is 0 Å². The molecule has 162 valence electrons. The van der Waals surface area contributed by atoms with Gasteiger partial charge in [-0.3, -0.25) is 14.4 Å². The van der Waals surface area contributed by atoms with E-state index in [1.807, 2.05) is 32.0 Å². The Labute approximate surface area is 183 Å². The molecule has 1 amide bonds. The highest BCUT2D eigenvalue weighted by Gasteiger charge is 2.47. The fourth-order valence-electron chi connectivity index (χ4n) is 5.01. The first-order chi connectivity index (χ1) is 14.8. The van der Waals surface area contributed by atoms with Crippen molar-refractivity contribution in [2.45, 2.75) is 52.4 Å². The van der Waals surface area contributed by atoms with Gasteiger partial charge in [-0.05, 0) is 67.9 Å². The molecule has 1 saturated heterocycles. The quantitative estimate of drug-likeness (QED) is 0.425. The number of ether oxygens (including phenoxy) is 1. The van der Waals surface area contributed by atoms with Crippen LogP contribution in [0.25, 0.3) is 0 Å². The SMILES string of the molecule is CC#Cc1cc(C)c(C2C(=O)CC3(CCN(C(=O)COCC#N)CC3)CC2=O)c(C)c1. The van der Waals surface area contributed by atoms with Crippen molar-refractivity contribution in [3.63, 3.8) is 0 Å². The summed E-state index contributed by atoms with van der Waals surface area (Å²) in [7, 11) is 0. The van der Waals surface area contributed by atoms with Crippen LogP contribution in [0.3, 0.4) is 0 Å². The largest absolute Gasteiger partial charge is 0.357 e. The Morgan fingerprint density at radius 1 is 1.16 bits per heavy atom. The lowest BCUT2D eigenvalue weighted by Gasteiger charge is -2.44. The molecule has 0 aromatic heterocycles. The monoisotopic (exact) mass is 420 g/mol. The van der Waals surface area contributed by atoms with Crippen molar-refractivity contribution in [1.82, 2.24) is 4.90 Å². The van der Waals surface area contributed by atoms with Gasteiger partial charge in [0.15, 0.2) is 0 Å². The molecule has 1 aromatic rings. The first-order valence-corrected chi connectivity index (χ1v) is 10.6. The Hall–Kier alpha value is -2.96. The zero-order valence-electron chi connectivity index (χ0n) is 18.4.